The molecule has 8 nitrogen and oxygen atoms in total. The van der Waals surface area contributed by atoms with Crippen molar-refractivity contribution in [2.24, 2.45) is 5.92 Å². The third kappa shape index (κ3) is 4.29. The second-order valence-electron chi connectivity index (χ2n) is 11.4. The minimum Gasteiger partial charge on any atom is -0.334 e. The van der Waals surface area contributed by atoms with E-state index >= 15 is 0 Å². The molecule has 2 saturated carbocycles. The molecule has 3 amide bonds. The molecule has 2 aromatic rings. The molecule has 3 atom stereocenters. The smallest absolute Gasteiger partial charge is 0.319 e. The van der Waals surface area contributed by atoms with Gasteiger partial charge in [-0.05, 0) is 73.2 Å². The van der Waals surface area contributed by atoms with Gasteiger partial charge >= 0.3 is 6.03 Å². The SMILES string of the molecule is Cc1c(Cl)cc(NC(=O)NCc2ccc3c(c2)C(=O)N(C2CCC(=O)CC2=O)C3)cc1C12CC1CN(C)C2. The van der Waals surface area contributed by atoms with Crippen LogP contribution >= 0.6 is 11.6 Å². The van der Waals surface area contributed by atoms with Crippen LogP contribution in [0.25, 0.3) is 0 Å². The van der Waals surface area contributed by atoms with E-state index in [-0.39, 0.29) is 41.9 Å². The highest BCUT2D eigenvalue weighted by atomic mass is 35.5. The fourth-order valence-electron chi connectivity index (χ4n) is 6.70. The minimum absolute atomic E-state index is 0.0613. The average molecular weight is 535 g/mol. The molecule has 6 rings (SSSR count). The monoisotopic (exact) mass is 534 g/mol. The maximum Gasteiger partial charge on any atom is 0.319 e. The maximum atomic E-state index is 13.1. The molecule has 4 aliphatic rings. The van der Waals surface area contributed by atoms with Gasteiger partial charge < -0.3 is 20.4 Å². The second-order valence-corrected chi connectivity index (χ2v) is 11.8. The van der Waals surface area contributed by atoms with E-state index in [0.717, 1.165) is 36.2 Å². The summed E-state index contributed by atoms with van der Waals surface area (Å²) >= 11 is 6.56. The summed E-state index contributed by atoms with van der Waals surface area (Å²) in [7, 11) is 2.14. The van der Waals surface area contributed by atoms with Gasteiger partial charge in [-0.1, -0.05) is 23.7 Å². The number of nitrogens with one attached hydrogen (secondary N) is 2. The molecule has 0 spiro atoms. The Balaban J connectivity index is 1.10. The number of halogens is 1. The first kappa shape index (κ1) is 25.1. The molecule has 2 aliphatic carbocycles. The van der Waals surface area contributed by atoms with Crippen LogP contribution < -0.4 is 10.6 Å². The van der Waals surface area contributed by atoms with Crippen LogP contribution in [0, 0.1) is 12.8 Å². The van der Waals surface area contributed by atoms with Crippen LogP contribution in [-0.4, -0.2) is 59.5 Å². The Hall–Kier alpha value is -3.23. The quantitative estimate of drug-likeness (QED) is 0.568. The zero-order chi connectivity index (χ0) is 26.8. The van der Waals surface area contributed by atoms with E-state index in [2.05, 4.69) is 28.6 Å². The number of carbonyl (C=O) groups is 4. The first-order valence-corrected chi connectivity index (χ1v) is 13.5. The summed E-state index contributed by atoms with van der Waals surface area (Å²) in [6, 6.07) is 8.48. The summed E-state index contributed by atoms with van der Waals surface area (Å²) in [5.41, 5.74) is 5.29. The number of hydrogen-bond acceptors (Lipinski definition) is 5. The van der Waals surface area contributed by atoms with Crippen molar-refractivity contribution in [3.8, 4) is 0 Å². The van der Waals surface area contributed by atoms with Crippen molar-refractivity contribution >= 4 is 40.8 Å². The molecule has 0 radical (unpaired) electrons. The van der Waals surface area contributed by atoms with E-state index < -0.39 is 6.04 Å². The maximum absolute atomic E-state index is 13.1. The molecule has 3 unspecified atom stereocenters. The topological polar surface area (TPSA) is 98.8 Å². The van der Waals surface area contributed by atoms with Crippen LogP contribution in [0.1, 0.15) is 58.3 Å². The molecule has 3 fully saturated rings. The lowest BCUT2D eigenvalue weighted by atomic mass is 9.90. The van der Waals surface area contributed by atoms with Gasteiger partial charge in [0.2, 0.25) is 0 Å². The van der Waals surface area contributed by atoms with Crippen molar-refractivity contribution in [2.45, 2.75) is 57.2 Å². The summed E-state index contributed by atoms with van der Waals surface area (Å²) in [5.74, 6) is 0.200. The summed E-state index contributed by atoms with van der Waals surface area (Å²) < 4.78 is 0. The van der Waals surface area contributed by atoms with E-state index in [0.29, 0.717) is 41.6 Å². The highest BCUT2D eigenvalue weighted by Crippen LogP contribution is 2.60. The Morgan fingerprint density at radius 1 is 1.18 bits per heavy atom. The number of Topliss-reactive ketones (excluding diaryl/α,β-unsaturated/α-hetero) is 2. The van der Waals surface area contributed by atoms with Crippen LogP contribution in [0.2, 0.25) is 5.02 Å². The highest BCUT2D eigenvalue weighted by Gasteiger charge is 2.60. The molecule has 38 heavy (non-hydrogen) atoms. The standard InChI is InChI=1S/C29H31ClN4O4/c1-16-23(29-11-19(29)14-33(2)15-29)8-20(9-24(16)30)32-28(38)31-12-17-3-4-18-13-34(27(37)22(18)7-17)25-6-5-21(35)10-26(25)36/h3-4,7-9,19,25H,5-6,10-15H2,1-2H3,(H2,31,32,38). The number of piperidine rings is 1. The predicted molar refractivity (Wildman–Crippen MR) is 143 cm³/mol. The van der Waals surface area contributed by atoms with Crippen LogP contribution in [0.4, 0.5) is 10.5 Å². The predicted octanol–water partition coefficient (Wildman–Crippen LogP) is 3.82. The van der Waals surface area contributed by atoms with E-state index in [1.807, 2.05) is 19.1 Å². The molecule has 198 valence electrons. The number of ketones is 2. The molecule has 2 aromatic carbocycles. The van der Waals surface area contributed by atoms with Crippen LogP contribution in [-0.2, 0) is 28.1 Å². The first-order chi connectivity index (χ1) is 18.1. The highest BCUT2D eigenvalue weighted by molar-refractivity contribution is 6.31. The number of nitrogens with zero attached hydrogens (tertiary/aromatic N) is 2. The van der Waals surface area contributed by atoms with Crippen molar-refractivity contribution in [3.05, 3.63) is 63.2 Å². The van der Waals surface area contributed by atoms with Gasteiger partial charge in [0.1, 0.15) is 5.78 Å². The van der Waals surface area contributed by atoms with Crippen LogP contribution in [0.15, 0.2) is 30.3 Å². The molecule has 0 bridgehead atoms. The van der Waals surface area contributed by atoms with Crippen molar-refractivity contribution in [1.29, 1.82) is 0 Å². The molecule has 1 saturated heterocycles. The molecule has 9 heteroatoms. The number of hydrogen-bond donors (Lipinski definition) is 2. The van der Waals surface area contributed by atoms with E-state index in [9.17, 15) is 19.2 Å². The van der Waals surface area contributed by atoms with E-state index in [1.165, 1.54) is 5.56 Å². The van der Waals surface area contributed by atoms with Gasteiger partial charge in [0, 0.05) is 54.3 Å². The molecule has 2 heterocycles. The summed E-state index contributed by atoms with van der Waals surface area (Å²) in [4.78, 5) is 53.7. The summed E-state index contributed by atoms with van der Waals surface area (Å²) in [6.45, 7) is 4.75. The lowest BCUT2D eigenvalue weighted by Crippen LogP contribution is -2.44. The fraction of sp³-hybridized carbons (Fsp3) is 0.448. The minimum atomic E-state index is -0.540. The van der Waals surface area contributed by atoms with Crippen molar-refractivity contribution < 1.29 is 19.2 Å². The Bertz CT molecular complexity index is 1390. The number of likely N-dealkylation sites (N-methyl/N-ethyl adjacent to an activating group) is 1. The largest absolute Gasteiger partial charge is 0.334 e. The van der Waals surface area contributed by atoms with Gasteiger partial charge in [-0.2, -0.15) is 0 Å². The Labute approximate surface area is 226 Å². The van der Waals surface area contributed by atoms with Crippen molar-refractivity contribution in [2.75, 3.05) is 25.5 Å². The number of likely N-dealkylation sites (tertiary alicyclic amines) is 1. The zero-order valence-corrected chi connectivity index (χ0v) is 22.4. The second kappa shape index (κ2) is 9.20. The molecule has 2 N–H and O–H groups in total. The zero-order valence-electron chi connectivity index (χ0n) is 21.6. The molecule has 2 aliphatic heterocycles. The lowest BCUT2D eigenvalue weighted by Gasteiger charge is -2.29. The number of urea groups is 1. The fourth-order valence-corrected chi connectivity index (χ4v) is 6.92. The molecule has 0 aromatic heterocycles. The van der Waals surface area contributed by atoms with Crippen molar-refractivity contribution in [1.82, 2.24) is 15.1 Å². The van der Waals surface area contributed by atoms with Gasteiger partial charge in [-0.25, -0.2) is 4.79 Å². The number of amides is 3. The van der Waals surface area contributed by atoms with Crippen LogP contribution in [0.5, 0.6) is 0 Å². The van der Waals surface area contributed by atoms with E-state index in [1.54, 1.807) is 17.0 Å². The molecular formula is C29H31ClN4O4. The normalized spacial score (nSPS) is 26.4. The van der Waals surface area contributed by atoms with Gasteiger partial charge in [0.25, 0.3) is 5.91 Å². The number of benzene rings is 2. The van der Waals surface area contributed by atoms with Gasteiger partial charge in [-0.3, -0.25) is 14.4 Å². The summed E-state index contributed by atoms with van der Waals surface area (Å²) in [6.07, 6.45) is 1.77. The van der Waals surface area contributed by atoms with Gasteiger partial charge in [0.15, 0.2) is 5.78 Å². The molecular weight excluding hydrogens is 504 g/mol. The number of anilines is 1. The third-order valence-electron chi connectivity index (χ3n) is 8.73. The number of fused-ring (bicyclic) bond motifs is 2. The van der Waals surface area contributed by atoms with Crippen LogP contribution in [0.3, 0.4) is 0 Å². The van der Waals surface area contributed by atoms with Gasteiger partial charge in [-0.15, -0.1) is 0 Å². The first-order valence-electron chi connectivity index (χ1n) is 13.2. The summed E-state index contributed by atoms with van der Waals surface area (Å²) in [5, 5.41) is 6.44. The Morgan fingerprint density at radius 2 is 2.00 bits per heavy atom. The average Bonchev–Trinajstić information content (AvgIpc) is 3.29. The third-order valence-corrected chi connectivity index (χ3v) is 9.12. The van der Waals surface area contributed by atoms with Crippen molar-refractivity contribution in [3.63, 3.8) is 0 Å². The van der Waals surface area contributed by atoms with Gasteiger partial charge in [0.05, 0.1) is 12.5 Å². The number of carbonyl (C=O) groups excluding carboxylic acids is 4. The Morgan fingerprint density at radius 3 is 2.74 bits per heavy atom. The van der Waals surface area contributed by atoms with E-state index in [4.69, 9.17) is 11.6 Å². The Kier molecular flexibility index (Phi) is 6.07. The lowest BCUT2D eigenvalue weighted by molar-refractivity contribution is -0.133. The number of rotatable bonds is 5.